The number of para-hydroxylation sites is 1. The number of imidazole rings is 1. The molecule has 5 aromatic rings. The van der Waals surface area contributed by atoms with Gasteiger partial charge in [0.25, 0.3) is 5.56 Å². The first-order valence-corrected chi connectivity index (χ1v) is 13.2. The lowest BCUT2D eigenvalue weighted by molar-refractivity contribution is 0.176. The molecule has 1 fully saturated rings. The maximum atomic E-state index is 13.1. The van der Waals surface area contributed by atoms with Crippen molar-refractivity contribution in [1.82, 2.24) is 28.6 Å². The zero-order valence-electron chi connectivity index (χ0n) is 20.9. The smallest absolute Gasteiger partial charge is 0.262 e. The summed E-state index contributed by atoms with van der Waals surface area (Å²) < 4.78 is 12.1. The summed E-state index contributed by atoms with van der Waals surface area (Å²) >= 11 is 5.63. The van der Waals surface area contributed by atoms with Gasteiger partial charge in [-0.15, -0.1) is 0 Å². The van der Waals surface area contributed by atoms with E-state index in [1.54, 1.807) is 10.8 Å². The van der Waals surface area contributed by atoms with Crippen LogP contribution in [0.5, 0.6) is 0 Å². The van der Waals surface area contributed by atoms with Gasteiger partial charge in [-0.25, -0.2) is 9.97 Å². The molecule has 0 N–H and O–H groups in total. The second kappa shape index (κ2) is 10.1. The van der Waals surface area contributed by atoms with Gasteiger partial charge < -0.3 is 18.5 Å². The van der Waals surface area contributed by atoms with Crippen LogP contribution < -0.4 is 5.56 Å². The molecular weight excluding hydrogens is 484 g/mol. The number of hydrogen-bond donors (Lipinski definition) is 0. The van der Waals surface area contributed by atoms with Crippen molar-refractivity contribution in [3.05, 3.63) is 87.7 Å². The largest absolute Gasteiger partial charge is 0.467 e. The highest BCUT2D eigenvalue weighted by Gasteiger charge is 2.23. The minimum atomic E-state index is -0.00217. The Bertz CT molecular complexity index is 1660. The van der Waals surface area contributed by atoms with Crippen LogP contribution in [0.1, 0.15) is 24.4 Å². The van der Waals surface area contributed by atoms with Gasteiger partial charge in [0.15, 0.2) is 10.4 Å². The highest BCUT2D eigenvalue weighted by Crippen LogP contribution is 2.24. The maximum absolute atomic E-state index is 13.1. The van der Waals surface area contributed by atoms with Crippen molar-refractivity contribution < 1.29 is 4.42 Å². The van der Waals surface area contributed by atoms with Gasteiger partial charge in [0.05, 0.1) is 23.7 Å². The molecule has 0 aliphatic carbocycles. The number of benzene rings is 1. The fraction of sp³-hybridized carbons (Fsp3) is 0.357. The minimum absolute atomic E-state index is 0.00217. The van der Waals surface area contributed by atoms with Gasteiger partial charge in [0, 0.05) is 32.8 Å². The van der Waals surface area contributed by atoms with E-state index in [0.717, 1.165) is 67.2 Å². The number of furan rings is 1. The third-order valence-electron chi connectivity index (χ3n) is 7.55. The minimum Gasteiger partial charge on any atom is -0.467 e. The van der Waals surface area contributed by atoms with Crippen molar-refractivity contribution in [2.24, 2.45) is 13.0 Å². The lowest BCUT2D eigenvalue weighted by atomic mass is 9.93. The number of pyridine rings is 1. The van der Waals surface area contributed by atoms with Crippen LogP contribution in [0, 0.1) is 10.7 Å². The third kappa shape index (κ3) is 4.65. The molecule has 1 aliphatic rings. The molecule has 37 heavy (non-hydrogen) atoms. The van der Waals surface area contributed by atoms with E-state index in [1.165, 1.54) is 0 Å². The fourth-order valence-electron chi connectivity index (χ4n) is 5.46. The molecule has 0 bridgehead atoms. The van der Waals surface area contributed by atoms with Crippen LogP contribution in [0.3, 0.4) is 0 Å². The lowest BCUT2D eigenvalue weighted by Gasteiger charge is -2.32. The molecule has 0 spiro atoms. The SMILES string of the molecule is Cn1c(=S)n(CCN2CCC(Cc3nc4cccnc4n3Cc3ccco3)CC2)c(=O)c2ccccc21. The van der Waals surface area contributed by atoms with Crippen LogP contribution in [0.2, 0.25) is 0 Å². The second-order valence-corrected chi connectivity index (χ2v) is 10.2. The molecule has 4 aromatic heterocycles. The molecule has 5 heterocycles. The summed E-state index contributed by atoms with van der Waals surface area (Å²) in [6.45, 7) is 4.06. The normalized spacial score (nSPS) is 15.2. The zero-order valence-corrected chi connectivity index (χ0v) is 21.7. The Morgan fingerprint density at radius 2 is 1.86 bits per heavy atom. The number of likely N-dealkylation sites (tertiary alicyclic amines) is 1. The van der Waals surface area contributed by atoms with Crippen molar-refractivity contribution in [3.8, 4) is 0 Å². The van der Waals surface area contributed by atoms with Crippen LogP contribution in [-0.2, 0) is 26.6 Å². The molecule has 9 heteroatoms. The highest BCUT2D eigenvalue weighted by atomic mass is 32.1. The summed E-state index contributed by atoms with van der Waals surface area (Å²) in [4.78, 5) is 25.1. The standard InChI is InChI=1S/C28H30N6O2S/c1-31-24-9-3-2-7-22(24)27(35)33(28(31)37)16-15-32-13-10-20(11-14-32)18-25-30-23-8-4-12-29-26(23)34(25)19-21-6-5-17-36-21/h2-9,12,17,20H,10-11,13-16,18-19H2,1H3. The molecule has 8 nitrogen and oxygen atoms in total. The first kappa shape index (κ1) is 23.8. The first-order valence-electron chi connectivity index (χ1n) is 12.8. The summed E-state index contributed by atoms with van der Waals surface area (Å²) in [6, 6.07) is 15.5. The number of aromatic nitrogens is 5. The van der Waals surface area contributed by atoms with Gasteiger partial charge >= 0.3 is 0 Å². The van der Waals surface area contributed by atoms with E-state index in [1.807, 2.05) is 66.3 Å². The van der Waals surface area contributed by atoms with Crippen molar-refractivity contribution in [2.75, 3.05) is 19.6 Å². The van der Waals surface area contributed by atoms with Crippen LogP contribution in [-0.4, -0.2) is 48.2 Å². The number of fused-ring (bicyclic) bond motifs is 2. The molecule has 0 atom stereocenters. The Hall–Kier alpha value is -3.56. The predicted octanol–water partition coefficient (Wildman–Crippen LogP) is 4.41. The van der Waals surface area contributed by atoms with E-state index in [-0.39, 0.29) is 5.56 Å². The molecule has 1 saturated heterocycles. The van der Waals surface area contributed by atoms with E-state index in [4.69, 9.17) is 21.6 Å². The van der Waals surface area contributed by atoms with E-state index in [2.05, 4.69) is 14.5 Å². The summed E-state index contributed by atoms with van der Waals surface area (Å²) in [7, 11) is 1.93. The Morgan fingerprint density at radius 1 is 1.03 bits per heavy atom. The van der Waals surface area contributed by atoms with Gasteiger partial charge in [-0.3, -0.25) is 9.36 Å². The Kier molecular flexibility index (Phi) is 6.48. The molecule has 6 rings (SSSR count). The van der Waals surface area contributed by atoms with Crippen LogP contribution in [0.15, 0.2) is 70.2 Å². The van der Waals surface area contributed by atoms with Crippen molar-refractivity contribution in [2.45, 2.75) is 32.4 Å². The Balaban J connectivity index is 1.12. The van der Waals surface area contributed by atoms with Gasteiger partial charge in [-0.05, 0) is 80.5 Å². The Morgan fingerprint density at radius 3 is 2.68 bits per heavy atom. The van der Waals surface area contributed by atoms with E-state index in [0.29, 0.717) is 29.2 Å². The lowest BCUT2D eigenvalue weighted by Crippen LogP contribution is -2.38. The van der Waals surface area contributed by atoms with Gasteiger partial charge in [-0.1, -0.05) is 12.1 Å². The van der Waals surface area contributed by atoms with E-state index >= 15 is 0 Å². The first-order chi connectivity index (χ1) is 18.1. The number of hydrogen-bond acceptors (Lipinski definition) is 6. The van der Waals surface area contributed by atoms with Gasteiger partial charge in [0.1, 0.15) is 17.1 Å². The topological polar surface area (TPSA) is 74.0 Å². The number of aryl methyl sites for hydroxylation is 1. The molecular formula is C28H30N6O2S. The molecule has 0 saturated carbocycles. The zero-order chi connectivity index (χ0) is 25.4. The van der Waals surface area contributed by atoms with E-state index in [9.17, 15) is 4.79 Å². The number of piperidine rings is 1. The quantitative estimate of drug-likeness (QED) is 0.300. The predicted molar refractivity (Wildman–Crippen MR) is 146 cm³/mol. The summed E-state index contributed by atoms with van der Waals surface area (Å²) in [6.07, 6.45) is 6.64. The maximum Gasteiger partial charge on any atom is 0.262 e. The molecule has 0 unspecified atom stereocenters. The molecule has 190 valence electrons. The fourth-order valence-corrected chi connectivity index (χ4v) is 5.73. The van der Waals surface area contributed by atoms with Crippen LogP contribution in [0.4, 0.5) is 0 Å². The second-order valence-electron chi connectivity index (χ2n) is 9.84. The molecule has 0 amide bonds. The van der Waals surface area contributed by atoms with Crippen molar-refractivity contribution in [1.29, 1.82) is 0 Å². The summed E-state index contributed by atoms with van der Waals surface area (Å²) in [5.74, 6) is 2.52. The van der Waals surface area contributed by atoms with Gasteiger partial charge in [-0.2, -0.15) is 0 Å². The number of rotatable bonds is 7. The average molecular weight is 515 g/mol. The van der Waals surface area contributed by atoms with Crippen molar-refractivity contribution in [3.63, 3.8) is 0 Å². The van der Waals surface area contributed by atoms with E-state index < -0.39 is 0 Å². The third-order valence-corrected chi connectivity index (χ3v) is 8.05. The summed E-state index contributed by atoms with van der Waals surface area (Å²) in [5, 5.41) is 0.712. The van der Waals surface area contributed by atoms with Crippen molar-refractivity contribution >= 4 is 34.3 Å². The number of nitrogens with zero attached hydrogens (tertiary/aromatic N) is 6. The molecule has 0 radical (unpaired) electrons. The van der Waals surface area contributed by atoms with Gasteiger partial charge in [0.2, 0.25) is 0 Å². The van der Waals surface area contributed by atoms with Crippen LogP contribution in [0.25, 0.3) is 22.1 Å². The Labute approximate surface area is 219 Å². The average Bonchev–Trinajstić information content (AvgIpc) is 3.57. The molecule has 1 aliphatic heterocycles. The molecule has 1 aromatic carbocycles. The van der Waals surface area contributed by atoms with Crippen LogP contribution >= 0.6 is 12.2 Å². The highest BCUT2D eigenvalue weighted by molar-refractivity contribution is 7.71. The monoisotopic (exact) mass is 514 g/mol. The summed E-state index contributed by atoms with van der Waals surface area (Å²) in [5.41, 5.74) is 2.70.